The molecule has 0 saturated carbocycles. The van der Waals surface area contributed by atoms with Crippen LogP contribution in [0.15, 0.2) is 18.2 Å². The molecule has 0 fully saturated rings. The predicted molar refractivity (Wildman–Crippen MR) is 59.9 cm³/mol. The highest BCUT2D eigenvalue weighted by Crippen LogP contribution is 2.15. The maximum absolute atomic E-state index is 13.3. The Morgan fingerprint density at radius 3 is 2.53 bits per heavy atom. The molecule has 0 aliphatic rings. The van der Waals surface area contributed by atoms with Gasteiger partial charge in [-0.25, -0.2) is 4.39 Å². The first kappa shape index (κ1) is 12.0. The van der Waals surface area contributed by atoms with Gasteiger partial charge in [0, 0.05) is 11.3 Å². The fourth-order valence-electron chi connectivity index (χ4n) is 1.09. The van der Waals surface area contributed by atoms with E-state index in [1.807, 2.05) is 6.92 Å². The highest BCUT2D eigenvalue weighted by Gasteiger charge is 2.09. The van der Waals surface area contributed by atoms with E-state index < -0.39 is 0 Å². The number of benzene rings is 1. The third-order valence-corrected chi connectivity index (χ3v) is 2.52. The lowest BCUT2D eigenvalue weighted by molar-refractivity contribution is 0.0221. The number of hydrogen-bond donors (Lipinski definition) is 1. The van der Waals surface area contributed by atoms with E-state index in [1.165, 1.54) is 6.07 Å². The van der Waals surface area contributed by atoms with Gasteiger partial charge in [-0.05, 0) is 25.0 Å². The number of halogens is 1. The van der Waals surface area contributed by atoms with E-state index in [-0.39, 0.29) is 11.9 Å². The number of nitrogen functional groups attached to an aromatic ring is 1. The first-order valence-corrected chi connectivity index (χ1v) is 5.16. The maximum Gasteiger partial charge on any atom is 0.130 e. The second-order valence-corrected chi connectivity index (χ2v) is 4.11. The van der Waals surface area contributed by atoms with Gasteiger partial charge in [0.25, 0.3) is 0 Å². The topological polar surface area (TPSA) is 35.2 Å². The second-order valence-electron chi connectivity index (χ2n) is 4.11. The van der Waals surface area contributed by atoms with Crippen molar-refractivity contribution >= 4 is 5.69 Å². The molecule has 0 heterocycles. The largest absolute Gasteiger partial charge is 0.399 e. The predicted octanol–water partition coefficient (Wildman–Crippen LogP) is 2.97. The van der Waals surface area contributed by atoms with Crippen molar-refractivity contribution in [2.24, 2.45) is 5.92 Å². The van der Waals surface area contributed by atoms with Gasteiger partial charge in [-0.1, -0.05) is 19.9 Å². The van der Waals surface area contributed by atoms with Crippen LogP contribution in [0.2, 0.25) is 0 Å². The lowest BCUT2D eigenvalue weighted by Gasteiger charge is -2.16. The van der Waals surface area contributed by atoms with E-state index >= 15 is 0 Å². The minimum Gasteiger partial charge on any atom is -0.399 e. The molecule has 0 aromatic heterocycles. The van der Waals surface area contributed by atoms with Crippen LogP contribution < -0.4 is 5.73 Å². The van der Waals surface area contributed by atoms with Crippen LogP contribution in [0, 0.1) is 11.7 Å². The molecule has 1 aromatic rings. The van der Waals surface area contributed by atoms with E-state index in [4.69, 9.17) is 10.5 Å². The number of hydrogen-bond acceptors (Lipinski definition) is 2. The van der Waals surface area contributed by atoms with Crippen LogP contribution in [0.3, 0.4) is 0 Å². The number of anilines is 1. The Hall–Kier alpha value is -1.09. The van der Waals surface area contributed by atoms with Crippen LogP contribution in [-0.4, -0.2) is 6.10 Å². The van der Waals surface area contributed by atoms with E-state index in [9.17, 15) is 4.39 Å². The van der Waals surface area contributed by atoms with Crippen LogP contribution in [0.4, 0.5) is 10.1 Å². The van der Waals surface area contributed by atoms with Crippen molar-refractivity contribution < 1.29 is 9.13 Å². The Kier molecular flexibility index (Phi) is 4.09. The fourth-order valence-corrected chi connectivity index (χ4v) is 1.09. The summed E-state index contributed by atoms with van der Waals surface area (Å²) in [5.74, 6) is 0.132. The standard InChI is InChI=1S/C12H18FNO/c1-8(2)9(3)15-7-10-4-5-11(14)6-12(10)13/h4-6,8-9H,7,14H2,1-3H3. The maximum atomic E-state index is 13.3. The van der Waals surface area contributed by atoms with Crippen molar-refractivity contribution in [1.82, 2.24) is 0 Å². The molecule has 1 rings (SSSR count). The molecule has 84 valence electrons. The zero-order chi connectivity index (χ0) is 11.4. The molecule has 3 heteroatoms. The van der Waals surface area contributed by atoms with Gasteiger partial charge in [-0.3, -0.25) is 0 Å². The van der Waals surface area contributed by atoms with Crippen molar-refractivity contribution in [3.05, 3.63) is 29.6 Å². The third kappa shape index (κ3) is 3.51. The lowest BCUT2D eigenvalue weighted by Crippen LogP contribution is -2.15. The molecule has 0 aliphatic carbocycles. The molecule has 1 unspecified atom stereocenters. The molecular formula is C12H18FNO. The summed E-state index contributed by atoms with van der Waals surface area (Å²) in [6, 6.07) is 4.66. The van der Waals surface area contributed by atoms with Crippen LogP contribution >= 0.6 is 0 Å². The highest BCUT2D eigenvalue weighted by atomic mass is 19.1. The molecule has 0 amide bonds. The molecule has 1 atom stereocenters. The molecular weight excluding hydrogens is 193 g/mol. The van der Waals surface area contributed by atoms with Crippen molar-refractivity contribution in [3.8, 4) is 0 Å². The molecule has 0 bridgehead atoms. The molecule has 1 aromatic carbocycles. The van der Waals surface area contributed by atoms with Crippen molar-refractivity contribution in [3.63, 3.8) is 0 Å². The molecule has 0 saturated heterocycles. The smallest absolute Gasteiger partial charge is 0.130 e. The summed E-state index contributed by atoms with van der Waals surface area (Å²) in [7, 11) is 0. The molecule has 15 heavy (non-hydrogen) atoms. The second kappa shape index (κ2) is 5.12. The summed E-state index contributed by atoms with van der Waals surface area (Å²) in [4.78, 5) is 0. The van der Waals surface area contributed by atoms with Gasteiger partial charge in [0.15, 0.2) is 0 Å². The monoisotopic (exact) mass is 211 g/mol. The van der Waals surface area contributed by atoms with Gasteiger partial charge < -0.3 is 10.5 Å². The highest BCUT2D eigenvalue weighted by molar-refractivity contribution is 5.40. The molecule has 0 radical (unpaired) electrons. The zero-order valence-electron chi connectivity index (χ0n) is 9.46. The number of ether oxygens (including phenoxy) is 1. The Morgan fingerprint density at radius 2 is 2.00 bits per heavy atom. The van der Waals surface area contributed by atoms with E-state index in [1.54, 1.807) is 12.1 Å². The Balaban J connectivity index is 2.58. The lowest BCUT2D eigenvalue weighted by atomic mass is 10.1. The molecule has 2 nitrogen and oxygen atoms in total. The summed E-state index contributed by atoms with van der Waals surface area (Å²) in [5.41, 5.74) is 6.44. The van der Waals surface area contributed by atoms with E-state index in [2.05, 4.69) is 13.8 Å². The van der Waals surface area contributed by atoms with Gasteiger partial charge in [0.05, 0.1) is 12.7 Å². The zero-order valence-corrected chi connectivity index (χ0v) is 9.46. The van der Waals surface area contributed by atoms with Gasteiger partial charge >= 0.3 is 0 Å². The minimum absolute atomic E-state index is 0.127. The molecule has 0 spiro atoms. The third-order valence-electron chi connectivity index (χ3n) is 2.52. The molecule has 0 aliphatic heterocycles. The summed E-state index contributed by atoms with van der Waals surface area (Å²) < 4.78 is 18.9. The minimum atomic E-state index is -0.300. The van der Waals surface area contributed by atoms with Crippen molar-refractivity contribution in [2.75, 3.05) is 5.73 Å². The van der Waals surface area contributed by atoms with E-state index in [0.29, 0.717) is 23.8 Å². The average Bonchev–Trinajstić information content (AvgIpc) is 2.15. The summed E-state index contributed by atoms with van der Waals surface area (Å²) in [6.45, 7) is 6.43. The quantitative estimate of drug-likeness (QED) is 0.777. The van der Waals surface area contributed by atoms with E-state index in [0.717, 1.165) is 0 Å². The van der Waals surface area contributed by atoms with Gasteiger partial charge in [-0.15, -0.1) is 0 Å². The first-order chi connectivity index (χ1) is 7.00. The summed E-state index contributed by atoms with van der Waals surface area (Å²) in [6.07, 6.45) is 0.127. The Bertz CT molecular complexity index is 325. The van der Waals surface area contributed by atoms with Crippen LogP contribution in [0.1, 0.15) is 26.3 Å². The SMILES string of the molecule is CC(C)C(C)OCc1ccc(N)cc1F. The van der Waals surface area contributed by atoms with Gasteiger partial charge in [-0.2, -0.15) is 0 Å². The normalized spacial score (nSPS) is 13.1. The molecule has 2 N–H and O–H groups in total. The van der Waals surface area contributed by atoms with Crippen LogP contribution in [-0.2, 0) is 11.3 Å². The van der Waals surface area contributed by atoms with Crippen LogP contribution in [0.5, 0.6) is 0 Å². The Labute approximate surface area is 90.2 Å². The number of rotatable bonds is 4. The van der Waals surface area contributed by atoms with Crippen molar-refractivity contribution in [2.45, 2.75) is 33.5 Å². The number of nitrogens with two attached hydrogens (primary N) is 1. The first-order valence-electron chi connectivity index (χ1n) is 5.16. The van der Waals surface area contributed by atoms with Gasteiger partial charge in [0.2, 0.25) is 0 Å². The Morgan fingerprint density at radius 1 is 1.33 bits per heavy atom. The average molecular weight is 211 g/mol. The van der Waals surface area contributed by atoms with Crippen molar-refractivity contribution in [1.29, 1.82) is 0 Å². The van der Waals surface area contributed by atoms with Gasteiger partial charge in [0.1, 0.15) is 5.82 Å². The summed E-state index contributed by atoms with van der Waals surface area (Å²) >= 11 is 0. The fraction of sp³-hybridized carbons (Fsp3) is 0.500. The summed E-state index contributed by atoms with van der Waals surface area (Å²) in [5, 5.41) is 0. The van der Waals surface area contributed by atoms with Crippen LogP contribution in [0.25, 0.3) is 0 Å².